The third-order valence-corrected chi connectivity index (χ3v) is 9.35. The van der Waals surface area contributed by atoms with Crippen LogP contribution in [0.15, 0.2) is 60.8 Å². The lowest BCUT2D eigenvalue weighted by molar-refractivity contribution is -0.138. The van der Waals surface area contributed by atoms with Gasteiger partial charge in [-0.05, 0) is 54.6 Å². The van der Waals surface area contributed by atoms with Gasteiger partial charge in [0.2, 0.25) is 17.7 Å². The van der Waals surface area contributed by atoms with Crippen molar-refractivity contribution in [2.75, 3.05) is 37.7 Å². The molecule has 1 heterocycles. The number of thioether (sulfide) groups is 1. The quantitative estimate of drug-likeness (QED) is 0.100. The van der Waals surface area contributed by atoms with Crippen molar-refractivity contribution in [3.63, 3.8) is 0 Å². The molecule has 288 valence electrons. The normalized spacial score (nSPS) is 11.9. The summed E-state index contributed by atoms with van der Waals surface area (Å²) in [5.41, 5.74) is 7.83. The third kappa shape index (κ3) is 14.4. The van der Waals surface area contributed by atoms with E-state index in [4.69, 9.17) is 10.8 Å². The fraction of sp³-hybridized carbons (Fsp3) is 0.462. The molecule has 0 aliphatic heterocycles. The molecule has 3 rings (SSSR count). The molecule has 0 saturated heterocycles. The van der Waals surface area contributed by atoms with Crippen molar-refractivity contribution in [1.29, 1.82) is 0 Å². The summed E-state index contributed by atoms with van der Waals surface area (Å²) >= 11 is 1.33. The Labute approximate surface area is 314 Å². The molecule has 0 radical (unpaired) electrons. The molecule has 0 unspecified atom stereocenters. The summed E-state index contributed by atoms with van der Waals surface area (Å²) in [6.45, 7) is 7.37. The van der Waals surface area contributed by atoms with E-state index >= 15 is 4.39 Å². The summed E-state index contributed by atoms with van der Waals surface area (Å²) in [7, 11) is 0. The summed E-state index contributed by atoms with van der Waals surface area (Å²) in [4.78, 5) is 62.4. The number of hydrogen-bond donors (Lipinski definition) is 4. The zero-order valence-electron chi connectivity index (χ0n) is 30.7. The van der Waals surface area contributed by atoms with E-state index in [0.29, 0.717) is 43.8 Å². The van der Waals surface area contributed by atoms with Crippen molar-refractivity contribution >= 4 is 41.2 Å². The number of ketones is 1. The summed E-state index contributed by atoms with van der Waals surface area (Å²) in [6.07, 6.45) is 2.53. The van der Waals surface area contributed by atoms with Crippen LogP contribution in [-0.2, 0) is 30.5 Å². The molecule has 0 aliphatic rings. The maximum absolute atomic E-state index is 15.0. The van der Waals surface area contributed by atoms with E-state index in [1.807, 2.05) is 66.6 Å². The molecular formula is C39H51F2N5O6S. The number of carboxylic acid groups (broad SMARTS) is 1. The summed E-state index contributed by atoms with van der Waals surface area (Å²) < 4.78 is 31.3. The highest BCUT2D eigenvalue weighted by Gasteiger charge is 2.37. The lowest BCUT2D eigenvalue weighted by Crippen LogP contribution is -2.44. The third-order valence-electron chi connectivity index (χ3n) is 8.40. The predicted molar refractivity (Wildman–Crippen MR) is 202 cm³/mol. The average Bonchev–Trinajstić information content (AvgIpc) is 3.51. The second-order valence-corrected chi connectivity index (χ2v) is 15.0. The predicted octanol–water partition coefficient (Wildman–Crippen LogP) is 5.32. The number of nitrogens with one attached hydrogen (secondary N) is 2. The van der Waals surface area contributed by atoms with E-state index in [1.165, 1.54) is 17.8 Å². The van der Waals surface area contributed by atoms with Crippen molar-refractivity contribution in [2.24, 2.45) is 11.1 Å². The molecule has 0 spiro atoms. The minimum absolute atomic E-state index is 0.113. The van der Waals surface area contributed by atoms with Crippen LogP contribution in [0.3, 0.4) is 0 Å². The first kappa shape index (κ1) is 42.8. The van der Waals surface area contributed by atoms with Gasteiger partial charge in [0, 0.05) is 67.7 Å². The highest BCUT2D eigenvalue weighted by molar-refractivity contribution is 7.99. The number of nitrogens with two attached hydrogens (primary N) is 1. The lowest BCUT2D eigenvalue weighted by Gasteiger charge is -2.41. The van der Waals surface area contributed by atoms with Gasteiger partial charge in [0.25, 0.3) is 0 Å². The average molecular weight is 756 g/mol. The number of amides is 3. The minimum atomic E-state index is -1.09. The number of carboxylic acids is 1. The van der Waals surface area contributed by atoms with Crippen molar-refractivity contribution in [3.8, 4) is 11.1 Å². The van der Waals surface area contributed by atoms with Crippen LogP contribution < -0.4 is 16.4 Å². The topological polar surface area (TPSA) is 164 Å². The molecule has 0 saturated carbocycles. The number of aliphatic carboxylic acids is 1. The van der Waals surface area contributed by atoms with E-state index in [-0.39, 0.29) is 67.7 Å². The SMILES string of the molecule is CC(C)(C)[C@H](c1cc(-c2cc(F)ccc2F)cn1Cc1ccccc1)N(CCCN)C(=O)CSCCC(=O)NCCCC(=O)CNC(=O)CCC(=O)O. The van der Waals surface area contributed by atoms with Crippen molar-refractivity contribution in [3.05, 3.63) is 83.7 Å². The minimum Gasteiger partial charge on any atom is -0.481 e. The smallest absolute Gasteiger partial charge is 0.303 e. The monoisotopic (exact) mass is 755 g/mol. The molecule has 1 atom stereocenters. The van der Waals surface area contributed by atoms with E-state index in [1.54, 1.807) is 6.20 Å². The van der Waals surface area contributed by atoms with Gasteiger partial charge < -0.3 is 30.9 Å². The standard InChI is InChI=1S/C39H51F2N5O6S/c1-39(2,3)38(33-21-28(31-22-29(40)12-13-32(31)41)25-45(33)24-27-9-5-4-6-10-27)46(19-8-17-42)36(50)26-53-20-16-35(49)43-18-7-11-30(47)23-44-34(48)14-15-37(51)52/h4-6,9-10,12-13,21-22,25,38H,7-8,11,14-20,23-24,26,42H2,1-3H3,(H,43,49)(H,44,48)(H,51,52)/t38-/m0/s1. The van der Waals surface area contributed by atoms with Gasteiger partial charge in [-0.2, -0.15) is 11.8 Å². The highest BCUT2D eigenvalue weighted by atomic mass is 32.2. The second kappa shape index (κ2) is 21.2. The maximum atomic E-state index is 15.0. The van der Waals surface area contributed by atoms with Crippen molar-refractivity contribution < 1.29 is 37.9 Å². The fourth-order valence-corrected chi connectivity index (χ4v) is 6.69. The molecule has 3 amide bonds. The molecule has 2 aromatic carbocycles. The summed E-state index contributed by atoms with van der Waals surface area (Å²) in [5.74, 6) is -2.79. The van der Waals surface area contributed by atoms with Gasteiger partial charge in [0.15, 0.2) is 5.78 Å². The van der Waals surface area contributed by atoms with Gasteiger partial charge in [0.05, 0.1) is 24.8 Å². The Morgan fingerprint density at radius 2 is 1.64 bits per heavy atom. The number of Topliss-reactive ketones (excluding diaryl/α,β-unsaturated/α-hetero) is 1. The van der Waals surface area contributed by atoms with Crippen LogP contribution in [0.4, 0.5) is 8.78 Å². The molecule has 0 fully saturated rings. The number of carbonyl (C=O) groups is 5. The Bertz CT molecular complexity index is 1690. The molecule has 14 heteroatoms. The van der Waals surface area contributed by atoms with Crippen LogP contribution in [0.5, 0.6) is 0 Å². The van der Waals surface area contributed by atoms with Crippen LogP contribution in [0.2, 0.25) is 0 Å². The number of rotatable bonds is 22. The zero-order chi connectivity index (χ0) is 39.0. The fourth-order valence-electron chi connectivity index (χ4n) is 5.87. The van der Waals surface area contributed by atoms with Gasteiger partial charge in [-0.1, -0.05) is 51.1 Å². The second-order valence-electron chi connectivity index (χ2n) is 13.9. The van der Waals surface area contributed by atoms with Crippen LogP contribution in [0.1, 0.15) is 76.6 Å². The van der Waals surface area contributed by atoms with E-state index < -0.39 is 35.0 Å². The largest absolute Gasteiger partial charge is 0.481 e. The number of benzene rings is 2. The van der Waals surface area contributed by atoms with Crippen LogP contribution >= 0.6 is 11.8 Å². The van der Waals surface area contributed by atoms with Crippen LogP contribution in [-0.4, -0.2) is 81.7 Å². The number of carbonyl (C=O) groups excluding carboxylic acids is 4. The molecule has 1 aromatic heterocycles. The number of hydrogen-bond acceptors (Lipinski definition) is 7. The van der Waals surface area contributed by atoms with Gasteiger partial charge in [-0.3, -0.25) is 24.0 Å². The van der Waals surface area contributed by atoms with Gasteiger partial charge in [-0.15, -0.1) is 0 Å². The summed E-state index contributed by atoms with van der Waals surface area (Å²) in [5, 5.41) is 13.8. The first-order valence-electron chi connectivity index (χ1n) is 17.7. The molecule has 11 nitrogen and oxygen atoms in total. The molecule has 53 heavy (non-hydrogen) atoms. The first-order chi connectivity index (χ1) is 25.2. The Balaban J connectivity index is 1.65. The van der Waals surface area contributed by atoms with Crippen molar-refractivity contribution in [2.45, 2.75) is 71.9 Å². The molecule has 0 bridgehead atoms. The Kier molecular flexibility index (Phi) is 17.2. The maximum Gasteiger partial charge on any atom is 0.303 e. The van der Waals surface area contributed by atoms with Crippen LogP contribution in [0.25, 0.3) is 11.1 Å². The molecular weight excluding hydrogens is 705 g/mol. The Morgan fingerprint density at radius 1 is 0.925 bits per heavy atom. The first-order valence-corrected chi connectivity index (χ1v) is 18.9. The molecule has 5 N–H and O–H groups in total. The van der Waals surface area contributed by atoms with E-state index in [0.717, 1.165) is 23.4 Å². The molecule has 0 aliphatic carbocycles. The van der Waals surface area contributed by atoms with E-state index in [9.17, 15) is 28.4 Å². The van der Waals surface area contributed by atoms with Crippen molar-refractivity contribution in [1.82, 2.24) is 20.1 Å². The van der Waals surface area contributed by atoms with Gasteiger partial charge in [-0.25, -0.2) is 8.78 Å². The summed E-state index contributed by atoms with van der Waals surface area (Å²) in [6, 6.07) is 14.5. The number of aromatic nitrogens is 1. The number of nitrogens with zero attached hydrogens (tertiary/aromatic N) is 2. The number of halogens is 2. The van der Waals surface area contributed by atoms with E-state index in [2.05, 4.69) is 10.6 Å². The van der Waals surface area contributed by atoms with Gasteiger partial charge in [0.1, 0.15) is 11.6 Å². The van der Waals surface area contributed by atoms with Gasteiger partial charge >= 0.3 is 5.97 Å². The zero-order valence-corrected chi connectivity index (χ0v) is 31.5. The lowest BCUT2D eigenvalue weighted by atomic mass is 9.83. The highest BCUT2D eigenvalue weighted by Crippen LogP contribution is 2.41. The van der Waals surface area contributed by atoms with Crippen LogP contribution in [0, 0.1) is 17.0 Å². The Morgan fingerprint density at radius 3 is 2.32 bits per heavy atom. The Hall–Kier alpha value is -4.56. The molecule has 3 aromatic rings.